The molecule has 0 aliphatic rings. The van der Waals surface area contributed by atoms with Crippen molar-refractivity contribution >= 4 is 34.7 Å². The van der Waals surface area contributed by atoms with E-state index in [0.29, 0.717) is 11.3 Å². The lowest BCUT2D eigenvalue weighted by Gasteiger charge is -2.22. The highest BCUT2D eigenvalue weighted by atomic mass is 16.4. The first-order chi connectivity index (χ1) is 15.7. The summed E-state index contributed by atoms with van der Waals surface area (Å²) in [6, 6.07) is 3.49. The van der Waals surface area contributed by atoms with E-state index in [-0.39, 0.29) is 12.8 Å². The summed E-state index contributed by atoms with van der Waals surface area (Å²) in [5, 5.41) is 23.8. The van der Waals surface area contributed by atoms with Crippen LogP contribution in [0.1, 0.15) is 17.7 Å². The number of H-pyrrole nitrogens is 2. The molecule has 0 saturated carbocycles. The molecule has 8 N–H and O–H groups in total. The van der Waals surface area contributed by atoms with Gasteiger partial charge < -0.3 is 36.5 Å². The molecule has 3 rings (SSSR count). The van der Waals surface area contributed by atoms with Crippen molar-refractivity contribution in [1.29, 1.82) is 0 Å². The number of aromatic amines is 2. The SMILES string of the molecule is N[C@@H](Cc1cnc[nH]1)C(=O)N[C@@H](Cc1c[nH]c2ccccc12)C(=O)N[C@@H](CC(=O)O)C(=O)O. The van der Waals surface area contributed by atoms with E-state index in [1.165, 1.54) is 12.5 Å². The topological polar surface area (TPSA) is 203 Å². The van der Waals surface area contributed by atoms with E-state index in [0.717, 1.165) is 10.9 Å². The second kappa shape index (κ2) is 10.4. The molecule has 12 heteroatoms. The van der Waals surface area contributed by atoms with Gasteiger partial charge in [-0.1, -0.05) is 18.2 Å². The number of carboxylic acids is 2. The van der Waals surface area contributed by atoms with E-state index >= 15 is 0 Å². The first-order valence-corrected chi connectivity index (χ1v) is 10.1. The summed E-state index contributed by atoms with van der Waals surface area (Å²) in [5.74, 6) is -4.36. The Hall–Kier alpha value is -4.19. The fraction of sp³-hybridized carbons (Fsp3) is 0.286. The van der Waals surface area contributed by atoms with Gasteiger partial charge in [-0.05, 0) is 11.6 Å². The Kier molecular flexibility index (Phi) is 7.41. The van der Waals surface area contributed by atoms with Crippen molar-refractivity contribution in [2.24, 2.45) is 5.73 Å². The minimum absolute atomic E-state index is 0.0256. The van der Waals surface area contributed by atoms with Crippen molar-refractivity contribution in [3.8, 4) is 0 Å². The summed E-state index contributed by atoms with van der Waals surface area (Å²) in [7, 11) is 0. The van der Waals surface area contributed by atoms with E-state index in [1.54, 1.807) is 6.20 Å². The van der Waals surface area contributed by atoms with Crippen LogP contribution in [0, 0.1) is 0 Å². The molecule has 0 bridgehead atoms. The summed E-state index contributed by atoms with van der Waals surface area (Å²) < 4.78 is 0. The fourth-order valence-electron chi connectivity index (χ4n) is 3.38. The van der Waals surface area contributed by atoms with Crippen LogP contribution in [0.3, 0.4) is 0 Å². The van der Waals surface area contributed by atoms with Crippen molar-refractivity contribution in [1.82, 2.24) is 25.6 Å². The van der Waals surface area contributed by atoms with Crippen LogP contribution in [0.5, 0.6) is 0 Å². The molecule has 2 amide bonds. The molecule has 33 heavy (non-hydrogen) atoms. The van der Waals surface area contributed by atoms with Gasteiger partial charge in [-0.25, -0.2) is 9.78 Å². The van der Waals surface area contributed by atoms with Crippen molar-refractivity contribution < 1.29 is 29.4 Å². The third kappa shape index (κ3) is 6.17. The zero-order chi connectivity index (χ0) is 24.0. The summed E-state index contributed by atoms with van der Waals surface area (Å²) >= 11 is 0. The molecule has 2 heterocycles. The van der Waals surface area contributed by atoms with Crippen molar-refractivity contribution in [3.05, 3.63) is 54.2 Å². The molecule has 3 atom stereocenters. The number of nitrogens with one attached hydrogen (secondary N) is 4. The lowest BCUT2D eigenvalue weighted by Crippen LogP contribution is -2.55. The van der Waals surface area contributed by atoms with E-state index < -0.39 is 48.3 Å². The van der Waals surface area contributed by atoms with E-state index in [1.807, 2.05) is 24.3 Å². The van der Waals surface area contributed by atoms with Crippen LogP contribution in [0.2, 0.25) is 0 Å². The lowest BCUT2D eigenvalue weighted by atomic mass is 10.0. The lowest BCUT2D eigenvalue weighted by molar-refractivity contribution is -0.147. The van der Waals surface area contributed by atoms with Gasteiger partial charge in [-0.3, -0.25) is 14.4 Å². The molecule has 174 valence electrons. The second-order valence-corrected chi connectivity index (χ2v) is 7.51. The Balaban J connectivity index is 1.80. The standard InChI is InChI=1S/C21H24N6O6/c22-14(6-12-9-23-10-25-12)19(30)26-16(20(31)27-17(21(32)33)7-18(28)29)5-11-8-24-15-4-2-1-3-13(11)15/h1-4,8-10,14,16-17,24H,5-7,22H2,(H,23,25)(H,26,30)(H,27,31)(H,28,29)(H,32,33)/t14-,16-,17-/m0/s1. The van der Waals surface area contributed by atoms with Gasteiger partial charge in [0.25, 0.3) is 0 Å². The predicted octanol–water partition coefficient (Wildman–Crippen LogP) is -0.468. The molecule has 0 aliphatic heterocycles. The molecule has 0 spiro atoms. The smallest absolute Gasteiger partial charge is 0.326 e. The maximum absolute atomic E-state index is 12.9. The average molecular weight is 456 g/mol. The van der Waals surface area contributed by atoms with E-state index in [4.69, 9.17) is 10.8 Å². The maximum Gasteiger partial charge on any atom is 0.326 e. The monoisotopic (exact) mass is 456 g/mol. The number of rotatable bonds is 11. The van der Waals surface area contributed by atoms with Crippen LogP contribution in [0.4, 0.5) is 0 Å². The molecule has 1 aromatic carbocycles. The Morgan fingerprint density at radius 3 is 2.39 bits per heavy atom. The summed E-state index contributed by atoms with van der Waals surface area (Å²) in [6.45, 7) is 0. The summed E-state index contributed by atoms with van der Waals surface area (Å²) in [5.41, 5.74) is 8.12. The maximum atomic E-state index is 12.9. The van der Waals surface area contributed by atoms with Gasteiger partial charge in [0.1, 0.15) is 12.1 Å². The number of hydrogen-bond donors (Lipinski definition) is 7. The van der Waals surface area contributed by atoms with Crippen molar-refractivity contribution in [3.63, 3.8) is 0 Å². The Morgan fingerprint density at radius 1 is 1.00 bits per heavy atom. The number of hydrogen-bond acceptors (Lipinski definition) is 6. The number of aromatic nitrogens is 3. The van der Waals surface area contributed by atoms with Crippen LogP contribution in [0.25, 0.3) is 10.9 Å². The van der Waals surface area contributed by atoms with Gasteiger partial charge in [0.2, 0.25) is 11.8 Å². The van der Waals surface area contributed by atoms with Crippen LogP contribution in [0.15, 0.2) is 43.0 Å². The van der Waals surface area contributed by atoms with Crippen LogP contribution < -0.4 is 16.4 Å². The first-order valence-electron chi connectivity index (χ1n) is 10.1. The number of carbonyl (C=O) groups excluding carboxylic acids is 2. The minimum atomic E-state index is -1.66. The molecule has 0 aliphatic carbocycles. The van der Waals surface area contributed by atoms with Gasteiger partial charge in [-0.15, -0.1) is 0 Å². The van der Waals surface area contributed by atoms with Gasteiger partial charge in [0, 0.05) is 41.8 Å². The Morgan fingerprint density at radius 2 is 1.73 bits per heavy atom. The number of nitrogens with two attached hydrogens (primary N) is 1. The summed E-state index contributed by atoms with van der Waals surface area (Å²) in [4.78, 5) is 57.8. The number of nitrogens with zero attached hydrogens (tertiary/aromatic N) is 1. The zero-order valence-electron chi connectivity index (χ0n) is 17.4. The predicted molar refractivity (Wildman–Crippen MR) is 116 cm³/mol. The number of imidazole rings is 1. The van der Waals surface area contributed by atoms with Crippen molar-refractivity contribution in [2.45, 2.75) is 37.4 Å². The first kappa shape index (κ1) is 23.5. The average Bonchev–Trinajstić information content (AvgIpc) is 3.42. The normalized spacial score (nSPS) is 13.7. The third-order valence-electron chi connectivity index (χ3n) is 5.06. The molecular weight excluding hydrogens is 432 g/mol. The molecule has 2 aromatic heterocycles. The van der Waals surface area contributed by atoms with Gasteiger partial charge in [0.05, 0.1) is 18.8 Å². The minimum Gasteiger partial charge on any atom is -0.481 e. The Labute approximate surface area is 187 Å². The van der Waals surface area contributed by atoms with Crippen LogP contribution >= 0.6 is 0 Å². The summed E-state index contributed by atoms with van der Waals surface area (Å²) in [6.07, 6.45) is 4.01. The highest BCUT2D eigenvalue weighted by molar-refractivity contribution is 5.93. The molecule has 0 fully saturated rings. The molecule has 3 aromatic rings. The van der Waals surface area contributed by atoms with Crippen molar-refractivity contribution in [2.75, 3.05) is 0 Å². The number of fused-ring (bicyclic) bond motifs is 1. The number of carbonyl (C=O) groups is 4. The van der Waals surface area contributed by atoms with Crippen LogP contribution in [-0.2, 0) is 32.0 Å². The number of carboxylic acid groups (broad SMARTS) is 2. The number of aliphatic carboxylic acids is 2. The highest BCUT2D eigenvalue weighted by Gasteiger charge is 2.30. The molecule has 0 unspecified atom stereocenters. The van der Waals surface area contributed by atoms with Gasteiger partial charge >= 0.3 is 11.9 Å². The molecule has 0 saturated heterocycles. The molecular formula is C21H24N6O6. The molecule has 0 radical (unpaired) electrons. The second-order valence-electron chi connectivity index (χ2n) is 7.51. The number of amides is 2. The largest absolute Gasteiger partial charge is 0.481 e. The van der Waals surface area contributed by atoms with E-state index in [2.05, 4.69) is 25.6 Å². The Bertz CT molecular complexity index is 1140. The fourth-order valence-corrected chi connectivity index (χ4v) is 3.38. The molecule has 12 nitrogen and oxygen atoms in total. The van der Waals surface area contributed by atoms with Crippen LogP contribution in [-0.4, -0.2) is 67.0 Å². The number of para-hydroxylation sites is 1. The van der Waals surface area contributed by atoms with E-state index in [9.17, 15) is 24.3 Å². The zero-order valence-corrected chi connectivity index (χ0v) is 17.4. The van der Waals surface area contributed by atoms with Gasteiger partial charge in [0.15, 0.2) is 0 Å². The quantitative estimate of drug-likeness (QED) is 0.200. The van der Waals surface area contributed by atoms with Gasteiger partial charge in [-0.2, -0.15) is 0 Å². The number of benzene rings is 1. The highest BCUT2D eigenvalue weighted by Crippen LogP contribution is 2.19. The third-order valence-corrected chi connectivity index (χ3v) is 5.06.